The normalized spacial score (nSPS) is 15.9. The Morgan fingerprint density at radius 1 is 0.500 bits per heavy atom. The van der Waals surface area contributed by atoms with Crippen molar-refractivity contribution < 1.29 is 17.6 Å². The second-order valence-corrected chi connectivity index (χ2v) is 18.9. The van der Waals surface area contributed by atoms with Crippen molar-refractivity contribution in [2.45, 2.75) is 57.4 Å². The van der Waals surface area contributed by atoms with Gasteiger partial charge in [0.25, 0.3) is 0 Å². The molecular formula is C52H62Br2F4N6. The summed E-state index contributed by atoms with van der Waals surface area (Å²) in [7, 11) is 0. The van der Waals surface area contributed by atoms with E-state index in [9.17, 15) is 17.6 Å². The molecule has 0 aliphatic heterocycles. The number of nitrogens with one attached hydrogen (secondary N) is 4. The van der Waals surface area contributed by atoms with Gasteiger partial charge in [-0.05, 0) is 48.2 Å². The first-order valence-electron chi connectivity index (χ1n) is 22.0. The summed E-state index contributed by atoms with van der Waals surface area (Å²) >= 11 is 7.07. The van der Waals surface area contributed by atoms with Crippen LogP contribution in [-0.4, -0.2) is 66.5 Å². The van der Waals surface area contributed by atoms with Crippen molar-refractivity contribution in [2.24, 2.45) is 5.92 Å². The first kappa shape index (κ1) is 51.0. The van der Waals surface area contributed by atoms with E-state index in [1.54, 1.807) is 48.5 Å². The molecule has 64 heavy (non-hydrogen) atoms. The van der Waals surface area contributed by atoms with Gasteiger partial charge in [-0.15, -0.1) is 0 Å². The third-order valence-electron chi connectivity index (χ3n) is 11.2. The van der Waals surface area contributed by atoms with E-state index in [2.05, 4.69) is 119 Å². The number of benzene rings is 5. The lowest BCUT2D eigenvalue weighted by atomic mass is 9.92. The lowest BCUT2D eigenvalue weighted by Crippen LogP contribution is -2.37. The number of hydrogen-bond donors (Lipinski definition) is 4. The Hall–Kier alpha value is -3.98. The molecule has 342 valence electrons. The average Bonchev–Trinajstić information content (AvgIpc) is 3.28. The fraction of sp³-hybridized carbons (Fsp3) is 0.346. The molecule has 0 saturated carbocycles. The van der Waals surface area contributed by atoms with Gasteiger partial charge in [0.15, 0.2) is 0 Å². The quantitative estimate of drug-likeness (QED) is 0.0281. The molecule has 2 unspecified atom stereocenters. The number of nitrogens with zero attached hydrogens (tertiary/aromatic N) is 2. The van der Waals surface area contributed by atoms with Gasteiger partial charge in [0.2, 0.25) is 0 Å². The summed E-state index contributed by atoms with van der Waals surface area (Å²) in [6, 6.07) is 35.8. The molecule has 0 radical (unpaired) electrons. The molecule has 0 heterocycles. The van der Waals surface area contributed by atoms with Crippen LogP contribution >= 0.6 is 31.9 Å². The Morgan fingerprint density at radius 2 is 0.797 bits per heavy atom. The van der Waals surface area contributed by atoms with Crippen molar-refractivity contribution in [3.8, 4) is 0 Å². The topological polar surface area (TPSA) is 54.6 Å². The Morgan fingerprint density at radius 3 is 1.06 bits per heavy atom. The largest absolute Gasteiger partial charge is 0.311 e. The Labute approximate surface area is 394 Å². The van der Waals surface area contributed by atoms with Crippen LogP contribution in [0.25, 0.3) is 0 Å². The van der Waals surface area contributed by atoms with E-state index in [1.807, 2.05) is 24.3 Å². The lowest BCUT2D eigenvalue weighted by molar-refractivity contribution is 0.261. The molecule has 2 atom stereocenters. The fourth-order valence-corrected chi connectivity index (χ4v) is 7.86. The molecule has 0 fully saturated rings. The monoisotopic (exact) mass is 1000 g/mol. The molecule has 4 N–H and O–H groups in total. The minimum absolute atomic E-state index is 0.143. The number of allylic oxidation sites excluding steroid dienone is 4. The molecule has 0 saturated heterocycles. The van der Waals surface area contributed by atoms with Crippen LogP contribution < -0.4 is 21.3 Å². The van der Waals surface area contributed by atoms with Gasteiger partial charge >= 0.3 is 0 Å². The van der Waals surface area contributed by atoms with E-state index in [4.69, 9.17) is 0 Å². The van der Waals surface area contributed by atoms with Gasteiger partial charge in [-0.3, -0.25) is 9.80 Å². The van der Waals surface area contributed by atoms with E-state index in [0.29, 0.717) is 80.5 Å². The van der Waals surface area contributed by atoms with E-state index in [0.717, 1.165) is 39.3 Å². The fourth-order valence-electron chi connectivity index (χ4n) is 7.07. The molecule has 5 aromatic carbocycles. The summed E-state index contributed by atoms with van der Waals surface area (Å²) in [5.74, 6) is -0.302. The summed E-state index contributed by atoms with van der Waals surface area (Å²) < 4.78 is 57.9. The van der Waals surface area contributed by atoms with Crippen molar-refractivity contribution in [1.29, 1.82) is 0 Å². The van der Waals surface area contributed by atoms with Crippen LogP contribution in [0, 0.1) is 29.2 Å². The van der Waals surface area contributed by atoms with Crippen molar-refractivity contribution in [2.75, 3.05) is 52.4 Å². The maximum atomic E-state index is 14.1. The maximum Gasteiger partial charge on any atom is 0.127 e. The summed E-state index contributed by atoms with van der Waals surface area (Å²) in [5, 5.41) is 13.5. The van der Waals surface area contributed by atoms with Gasteiger partial charge in [-0.25, -0.2) is 17.6 Å². The first-order chi connectivity index (χ1) is 31.0. The molecule has 0 spiro atoms. The minimum atomic E-state index is -0.212. The van der Waals surface area contributed by atoms with Gasteiger partial charge < -0.3 is 21.3 Å². The highest BCUT2D eigenvalue weighted by Gasteiger charge is 2.25. The van der Waals surface area contributed by atoms with Crippen molar-refractivity contribution in [3.05, 3.63) is 201 Å². The first-order valence-corrected chi connectivity index (χ1v) is 23.6. The van der Waals surface area contributed by atoms with Crippen molar-refractivity contribution in [1.82, 2.24) is 31.1 Å². The van der Waals surface area contributed by atoms with Crippen molar-refractivity contribution in [3.63, 3.8) is 0 Å². The van der Waals surface area contributed by atoms with Crippen LogP contribution in [0.5, 0.6) is 0 Å². The minimum Gasteiger partial charge on any atom is -0.311 e. The van der Waals surface area contributed by atoms with Crippen LogP contribution in [0.3, 0.4) is 0 Å². The highest BCUT2D eigenvalue weighted by Crippen LogP contribution is 2.35. The number of hydrogen-bond acceptors (Lipinski definition) is 6. The molecular weight excluding hydrogens is 944 g/mol. The standard InChI is InChI=1S/C44H52F4N6.C8H10Br2/c45-41-13-5-1-9-37(41)29-49-21-25-53(26-22-50-30-38-10-2-6-14-42(38)46)33-35-17-19-36(20-18-35)34-54(27-23-51-31-39-11-3-7-15-43(39)47)28-24-52-32-40-12-4-8-16-44(40)48;1-6-5-7(9)3-4-8(6,2)10/h1-20,49-52H,21-34H2;3-6H,1-2H3. The number of alkyl halides is 1. The maximum absolute atomic E-state index is 14.1. The van der Waals surface area contributed by atoms with Gasteiger partial charge in [0.05, 0.1) is 0 Å². The third-order valence-corrected chi connectivity index (χ3v) is 12.7. The average molecular weight is 1010 g/mol. The zero-order chi connectivity index (χ0) is 45.6. The Balaban J connectivity index is 0.000000678. The van der Waals surface area contributed by atoms with Crippen LogP contribution in [0.1, 0.15) is 47.2 Å². The van der Waals surface area contributed by atoms with E-state index >= 15 is 0 Å². The highest BCUT2D eigenvalue weighted by atomic mass is 79.9. The smallest absolute Gasteiger partial charge is 0.127 e. The molecule has 1 aliphatic rings. The van der Waals surface area contributed by atoms with Gasteiger partial charge in [0, 0.05) is 123 Å². The van der Waals surface area contributed by atoms with Gasteiger partial charge in [-0.2, -0.15) is 0 Å². The van der Waals surface area contributed by atoms with Gasteiger partial charge in [0.1, 0.15) is 23.3 Å². The summed E-state index contributed by atoms with van der Waals surface area (Å²) in [6.07, 6.45) is 6.45. The van der Waals surface area contributed by atoms with E-state index in [-0.39, 0.29) is 27.6 Å². The van der Waals surface area contributed by atoms with E-state index < -0.39 is 0 Å². The number of rotatable bonds is 24. The highest BCUT2D eigenvalue weighted by molar-refractivity contribution is 9.12. The second kappa shape index (κ2) is 27.5. The summed E-state index contributed by atoms with van der Waals surface area (Å²) in [4.78, 5) is 4.68. The predicted molar refractivity (Wildman–Crippen MR) is 262 cm³/mol. The molecule has 0 amide bonds. The molecule has 5 aromatic rings. The molecule has 6 rings (SSSR count). The summed E-state index contributed by atoms with van der Waals surface area (Å²) in [6.45, 7) is 13.4. The molecule has 12 heteroatoms. The predicted octanol–water partition coefficient (Wildman–Crippen LogP) is 10.6. The molecule has 1 aliphatic carbocycles. The molecule has 0 aromatic heterocycles. The van der Waals surface area contributed by atoms with Crippen LogP contribution in [0.4, 0.5) is 17.6 Å². The Bertz CT molecular complexity index is 1960. The van der Waals surface area contributed by atoms with Crippen LogP contribution in [0.15, 0.2) is 144 Å². The molecule has 0 bridgehead atoms. The van der Waals surface area contributed by atoms with E-state index in [1.165, 1.54) is 39.9 Å². The molecule has 6 nitrogen and oxygen atoms in total. The van der Waals surface area contributed by atoms with Gasteiger partial charge in [-0.1, -0.05) is 154 Å². The zero-order valence-corrected chi connectivity index (χ0v) is 40.1. The SMILES string of the molecule is CC1C=C(Br)C=CC1(C)Br.Fc1ccccc1CNCCN(CCNCc1ccccc1F)Cc1ccc(CN(CCNCc2ccccc2F)CCNCc2ccccc2F)cc1. The summed E-state index contributed by atoms with van der Waals surface area (Å²) in [5.41, 5.74) is 4.91. The Kier molecular flexibility index (Phi) is 21.9. The lowest BCUT2D eigenvalue weighted by Gasteiger charge is -2.26. The van der Waals surface area contributed by atoms with Crippen molar-refractivity contribution >= 4 is 31.9 Å². The second-order valence-electron chi connectivity index (χ2n) is 16.3. The zero-order valence-electron chi connectivity index (χ0n) is 36.9. The van der Waals surface area contributed by atoms with Crippen LogP contribution in [-0.2, 0) is 39.3 Å². The van der Waals surface area contributed by atoms with Crippen LogP contribution in [0.2, 0.25) is 0 Å². The third kappa shape index (κ3) is 18.1. The number of halogens is 6.